The normalized spacial score (nSPS) is 10.7. The Morgan fingerprint density at radius 3 is 2.74 bits per heavy atom. The smallest absolute Gasteiger partial charge is 0.220 e. The Morgan fingerprint density at radius 1 is 1.07 bits per heavy atom. The average Bonchev–Trinajstić information content (AvgIpc) is 3.12. The van der Waals surface area contributed by atoms with E-state index in [1.54, 1.807) is 14.2 Å². The van der Waals surface area contributed by atoms with Crippen LogP contribution in [0.5, 0.6) is 11.5 Å². The molecule has 0 atom stereocenters. The Bertz CT molecular complexity index is 901. The van der Waals surface area contributed by atoms with Gasteiger partial charge >= 0.3 is 0 Å². The van der Waals surface area contributed by atoms with Gasteiger partial charge in [-0.15, -0.1) is 0 Å². The van der Waals surface area contributed by atoms with E-state index in [1.165, 1.54) is 10.9 Å². The highest BCUT2D eigenvalue weighted by molar-refractivity contribution is 5.80. The van der Waals surface area contributed by atoms with Crippen LogP contribution >= 0.6 is 0 Å². The Balaban J connectivity index is 1.44. The van der Waals surface area contributed by atoms with E-state index in [2.05, 4.69) is 34.3 Å². The van der Waals surface area contributed by atoms with Crippen molar-refractivity contribution >= 4 is 16.8 Å². The number of hydrogen-bond acceptors (Lipinski definition) is 3. The molecule has 1 N–H and O–H groups in total. The summed E-state index contributed by atoms with van der Waals surface area (Å²) in [5.74, 6) is 1.60. The van der Waals surface area contributed by atoms with Gasteiger partial charge in [-0.25, -0.2) is 0 Å². The van der Waals surface area contributed by atoms with Gasteiger partial charge in [-0.3, -0.25) is 4.79 Å². The van der Waals surface area contributed by atoms with Crippen molar-refractivity contribution < 1.29 is 14.3 Å². The predicted molar refractivity (Wildman–Crippen MR) is 107 cm³/mol. The van der Waals surface area contributed by atoms with Gasteiger partial charge in [0.15, 0.2) is 0 Å². The number of aryl methyl sites for hydroxylation is 2. The molecule has 142 valence electrons. The quantitative estimate of drug-likeness (QED) is 0.586. The molecule has 0 unspecified atom stereocenters. The number of nitrogens with one attached hydrogen (secondary N) is 1. The molecule has 5 nitrogen and oxygen atoms in total. The van der Waals surface area contributed by atoms with Crippen molar-refractivity contribution in [3.05, 3.63) is 60.3 Å². The van der Waals surface area contributed by atoms with Gasteiger partial charge in [0.1, 0.15) is 11.5 Å². The second kappa shape index (κ2) is 9.12. The van der Waals surface area contributed by atoms with Gasteiger partial charge in [-0.1, -0.05) is 18.2 Å². The predicted octanol–water partition coefficient (Wildman–Crippen LogP) is 3.80. The number of para-hydroxylation sites is 1. The molecule has 1 aromatic heterocycles. The number of benzene rings is 2. The summed E-state index contributed by atoms with van der Waals surface area (Å²) in [6, 6.07) is 16.1. The van der Waals surface area contributed by atoms with E-state index in [1.807, 2.05) is 30.3 Å². The van der Waals surface area contributed by atoms with Crippen molar-refractivity contribution in [1.29, 1.82) is 0 Å². The molecule has 3 aromatic rings. The van der Waals surface area contributed by atoms with Crippen LogP contribution in [0.15, 0.2) is 54.7 Å². The van der Waals surface area contributed by atoms with E-state index >= 15 is 0 Å². The van der Waals surface area contributed by atoms with Gasteiger partial charge in [0.05, 0.1) is 14.2 Å². The molecule has 0 saturated carbocycles. The number of methoxy groups -OCH3 is 2. The highest BCUT2D eigenvalue weighted by atomic mass is 16.5. The van der Waals surface area contributed by atoms with Crippen LogP contribution in [-0.2, 0) is 17.8 Å². The van der Waals surface area contributed by atoms with E-state index in [0.717, 1.165) is 30.0 Å². The highest BCUT2D eigenvalue weighted by Crippen LogP contribution is 2.25. The van der Waals surface area contributed by atoms with E-state index < -0.39 is 0 Å². The Hall–Kier alpha value is -2.95. The van der Waals surface area contributed by atoms with E-state index in [9.17, 15) is 4.79 Å². The molecule has 1 amide bonds. The summed E-state index contributed by atoms with van der Waals surface area (Å²) in [6.45, 7) is 1.55. The van der Waals surface area contributed by atoms with Crippen molar-refractivity contribution in [2.45, 2.75) is 25.8 Å². The van der Waals surface area contributed by atoms with Crippen LogP contribution in [0.4, 0.5) is 0 Å². The van der Waals surface area contributed by atoms with Gasteiger partial charge in [-0.2, -0.15) is 0 Å². The second-order valence-electron chi connectivity index (χ2n) is 6.45. The topological polar surface area (TPSA) is 52.5 Å². The molecule has 27 heavy (non-hydrogen) atoms. The lowest BCUT2D eigenvalue weighted by atomic mass is 10.1. The third-order valence-corrected chi connectivity index (χ3v) is 4.69. The number of aromatic nitrogens is 1. The van der Waals surface area contributed by atoms with Gasteiger partial charge in [0.2, 0.25) is 5.91 Å². The molecule has 0 spiro atoms. The minimum atomic E-state index is 0.0530. The van der Waals surface area contributed by atoms with Crippen molar-refractivity contribution in [1.82, 2.24) is 9.88 Å². The maximum Gasteiger partial charge on any atom is 0.220 e. The Labute approximate surface area is 159 Å². The average molecular weight is 366 g/mol. The molecule has 5 heteroatoms. The molecule has 0 fully saturated rings. The number of carbonyl (C=O) groups excluding carboxylic acids is 1. The van der Waals surface area contributed by atoms with Gasteiger partial charge in [-0.05, 0) is 54.1 Å². The van der Waals surface area contributed by atoms with Crippen LogP contribution in [0, 0.1) is 0 Å². The van der Waals surface area contributed by atoms with Crippen molar-refractivity contribution in [3.8, 4) is 11.5 Å². The van der Waals surface area contributed by atoms with Crippen LogP contribution in [0.2, 0.25) is 0 Å². The number of rotatable bonds is 9. The maximum atomic E-state index is 12.2. The SMILES string of the molecule is COc1ccc(OC)c(CCC(=O)NCCCn2ccc3ccccc32)c1. The standard InChI is InChI=1S/C22H26N2O3/c1-26-19-9-10-21(27-2)18(16-19)8-11-22(25)23-13-5-14-24-15-12-17-6-3-4-7-20(17)24/h3-4,6-7,9-10,12,15-16H,5,8,11,13-14H2,1-2H3,(H,23,25). The molecule has 1 heterocycles. The van der Waals surface area contributed by atoms with E-state index in [4.69, 9.17) is 9.47 Å². The fourth-order valence-electron chi connectivity index (χ4n) is 3.23. The molecular formula is C22H26N2O3. The fourth-order valence-corrected chi connectivity index (χ4v) is 3.23. The first-order valence-corrected chi connectivity index (χ1v) is 9.22. The Kier molecular flexibility index (Phi) is 6.36. The summed E-state index contributed by atoms with van der Waals surface area (Å²) in [7, 11) is 3.27. The summed E-state index contributed by atoms with van der Waals surface area (Å²) in [5.41, 5.74) is 2.21. The zero-order valence-corrected chi connectivity index (χ0v) is 15.9. The third-order valence-electron chi connectivity index (χ3n) is 4.69. The molecule has 0 bridgehead atoms. The van der Waals surface area contributed by atoms with Gasteiger partial charge < -0.3 is 19.4 Å². The number of nitrogens with zero attached hydrogens (tertiary/aromatic N) is 1. The minimum absolute atomic E-state index is 0.0530. The molecule has 0 aliphatic heterocycles. The van der Waals surface area contributed by atoms with Crippen LogP contribution < -0.4 is 14.8 Å². The first kappa shape index (κ1) is 18.8. The van der Waals surface area contributed by atoms with Crippen LogP contribution in [0.3, 0.4) is 0 Å². The highest BCUT2D eigenvalue weighted by Gasteiger charge is 2.08. The molecule has 0 radical (unpaired) electrons. The summed E-state index contributed by atoms with van der Waals surface area (Å²) in [5, 5.41) is 4.25. The number of hydrogen-bond donors (Lipinski definition) is 1. The summed E-state index contributed by atoms with van der Waals surface area (Å²) in [4.78, 5) is 12.2. The number of ether oxygens (including phenoxy) is 2. The largest absolute Gasteiger partial charge is 0.497 e. The fraction of sp³-hybridized carbons (Fsp3) is 0.318. The van der Waals surface area contributed by atoms with E-state index in [0.29, 0.717) is 19.4 Å². The third kappa shape index (κ3) is 4.82. The van der Waals surface area contributed by atoms with Crippen molar-refractivity contribution in [2.24, 2.45) is 0 Å². The first-order valence-electron chi connectivity index (χ1n) is 9.22. The Morgan fingerprint density at radius 2 is 1.93 bits per heavy atom. The molecule has 0 saturated heterocycles. The van der Waals surface area contributed by atoms with Gasteiger partial charge in [0, 0.05) is 31.2 Å². The molecule has 3 rings (SSSR count). The summed E-state index contributed by atoms with van der Waals surface area (Å²) >= 11 is 0. The first-order chi connectivity index (χ1) is 13.2. The lowest BCUT2D eigenvalue weighted by Gasteiger charge is -2.11. The molecule has 0 aliphatic rings. The van der Waals surface area contributed by atoms with Gasteiger partial charge in [0.25, 0.3) is 0 Å². The van der Waals surface area contributed by atoms with Crippen LogP contribution in [-0.4, -0.2) is 31.2 Å². The second-order valence-corrected chi connectivity index (χ2v) is 6.45. The lowest BCUT2D eigenvalue weighted by molar-refractivity contribution is -0.121. The van der Waals surface area contributed by atoms with Crippen molar-refractivity contribution in [3.63, 3.8) is 0 Å². The number of carbonyl (C=O) groups is 1. The maximum absolute atomic E-state index is 12.2. The van der Waals surface area contributed by atoms with Crippen LogP contribution in [0.25, 0.3) is 10.9 Å². The minimum Gasteiger partial charge on any atom is -0.497 e. The summed E-state index contributed by atoms with van der Waals surface area (Å²) < 4.78 is 12.8. The summed E-state index contributed by atoms with van der Waals surface area (Å²) in [6.07, 6.45) is 4.04. The number of amides is 1. The zero-order valence-electron chi connectivity index (χ0n) is 15.9. The number of fused-ring (bicyclic) bond motifs is 1. The lowest BCUT2D eigenvalue weighted by Crippen LogP contribution is -2.25. The van der Waals surface area contributed by atoms with Crippen molar-refractivity contribution in [2.75, 3.05) is 20.8 Å². The molecule has 2 aromatic carbocycles. The monoisotopic (exact) mass is 366 g/mol. The molecule has 0 aliphatic carbocycles. The van der Waals surface area contributed by atoms with Crippen LogP contribution in [0.1, 0.15) is 18.4 Å². The zero-order chi connectivity index (χ0) is 19.1. The molecular weight excluding hydrogens is 340 g/mol. The van der Waals surface area contributed by atoms with E-state index in [-0.39, 0.29) is 5.91 Å².